The van der Waals surface area contributed by atoms with Crippen molar-refractivity contribution in [1.29, 1.82) is 0 Å². The van der Waals surface area contributed by atoms with Crippen LogP contribution in [0, 0.1) is 5.92 Å². The smallest absolute Gasteiger partial charge is 0.252 e. The van der Waals surface area contributed by atoms with Crippen molar-refractivity contribution in [1.82, 2.24) is 14.6 Å². The average molecular weight is 450 g/mol. The number of rotatable bonds is 7. The highest BCUT2D eigenvalue weighted by molar-refractivity contribution is 7.91. The number of ether oxygens (including phenoxy) is 1. The largest absolute Gasteiger partial charge is 0.474 e. The van der Waals surface area contributed by atoms with Crippen molar-refractivity contribution in [3.63, 3.8) is 0 Å². The molecule has 0 unspecified atom stereocenters. The average Bonchev–Trinajstić information content (AvgIpc) is 3.48. The molecule has 0 aromatic carbocycles. The minimum Gasteiger partial charge on any atom is -0.474 e. The molecule has 4 rings (SSSR count). The van der Waals surface area contributed by atoms with E-state index < -0.39 is 10.0 Å². The number of nitrogens with zero attached hydrogens (tertiary/aromatic N) is 2. The summed E-state index contributed by atoms with van der Waals surface area (Å²) in [4.78, 5) is 17.0. The van der Waals surface area contributed by atoms with E-state index in [1.165, 1.54) is 28.5 Å². The fraction of sp³-hybridized carbons (Fsp3) is 0.524. The van der Waals surface area contributed by atoms with Gasteiger partial charge in [-0.3, -0.25) is 4.79 Å². The number of hydrogen-bond donors (Lipinski definition) is 1. The molecular formula is C21H27N3O4S2. The van der Waals surface area contributed by atoms with E-state index in [4.69, 9.17) is 4.74 Å². The molecule has 9 heteroatoms. The summed E-state index contributed by atoms with van der Waals surface area (Å²) in [7, 11) is -3.44. The maximum atomic E-state index is 12.7. The van der Waals surface area contributed by atoms with Gasteiger partial charge in [0.15, 0.2) is 0 Å². The molecule has 1 saturated carbocycles. The third-order valence-electron chi connectivity index (χ3n) is 5.80. The minimum atomic E-state index is -3.44. The first-order chi connectivity index (χ1) is 14.5. The first-order valence-corrected chi connectivity index (χ1v) is 12.8. The summed E-state index contributed by atoms with van der Waals surface area (Å²) in [5, 5.41) is 4.75. The van der Waals surface area contributed by atoms with Crippen LogP contribution in [0.4, 0.5) is 0 Å². The van der Waals surface area contributed by atoms with Gasteiger partial charge in [0, 0.05) is 37.3 Å². The van der Waals surface area contributed by atoms with Gasteiger partial charge < -0.3 is 10.1 Å². The molecular weight excluding hydrogens is 422 g/mol. The van der Waals surface area contributed by atoms with Gasteiger partial charge in [-0.15, -0.1) is 11.3 Å². The van der Waals surface area contributed by atoms with Crippen LogP contribution < -0.4 is 10.1 Å². The van der Waals surface area contributed by atoms with Crippen molar-refractivity contribution >= 4 is 27.3 Å². The number of sulfonamides is 1. The summed E-state index contributed by atoms with van der Waals surface area (Å²) in [5.41, 5.74) is 0.871. The Bertz CT molecular complexity index is 948. The molecule has 1 aliphatic heterocycles. The second-order valence-electron chi connectivity index (χ2n) is 7.82. The van der Waals surface area contributed by atoms with Crippen LogP contribution >= 0.6 is 11.3 Å². The zero-order chi connectivity index (χ0) is 21.0. The Hall–Kier alpha value is -1.97. The zero-order valence-corrected chi connectivity index (χ0v) is 18.5. The summed E-state index contributed by atoms with van der Waals surface area (Å²) in [6, 6.07) is 7.13. The number of thiophene rings is 1. The van der Waals surface area contributed by atoms with Crippen LogP contribution in [0.15, 0.2) is 40.1 Å². The molecule has 1 amide bonds. The van der Waals surface area contributed by atoms with E-state index in [-0.39, 0.29) is 17.9 Å². The SMILES string of the molecule is O=C(NCc1cccnc1OC1CCCC1)C1CCN(S(=O)(=O)c2cccs2)CC1. The standard InChI is InChI=1S/C21H27N3O4S2/c25-20(16-9-12-24(13-10-16)30(26,27)19-8-4-14-29-19)23-15-17-5-3-11-22-21(17)28-18-6-1-2-7-18/h3-5,8,11,14,16,18H,1-2,6-7,9-10,12-13,15H2,(H,23,25). The predicted molar refractivity (Wildman–Crippen MR) is 115 cm³/mol. The third kappa shape index (κ3) is 4.84. The van der Waals surface area contributed by atoms with E-state index in [0.29, 0.717) is 42.6 Å². The number of carbonyl (C=O) groups excluding carboxylic acids is 1. The number of carbonyl (C=O) groups is 1. The van der Waals surface area contributed by atoms with Gasteiger partial charge in [0.25, 0.3) is 10.0 Å². The predicted octanol–water partition coefficient (Wildman–Crippen LogP) is 3.18. The quantitative estimate of drug-likeness (QED) is 0.701. The summed E-state index contributed by atoms with van der Waals surface area (Å²) in [5.74, 6) is 0.371. The Balaban J connectivity index is 1.30. The topological polar surface area (TPSA) is 88.6 Å². The molecule has 1 N–H and O–H groups in total. The normalized spacial score (nSPS) is 19.1. The number of hydrogen-bond acceptors (Lipinski definition) is 6. The van der Waals surface area contributed by atoms with Gasteiger partial charge >= 0.3 is 0 Å². The van der Waals surface area contributed by atoms with Crippen LogP contribution in [0.3, 0.4) is 0 Å². The monoisotopic (exact) mass is 449 g/mol. The molecule has 0 spiro atoms. The lowest BCUT2D eigenvalue weighted by Crippen LogP contribution is -2.42. The third-order valence-corrected chi connectivity index (χ3v) is 9.07. The molecule has 3 heterocycles. The van der Waals surface area contributed by atoms with Gasteiger partial charge in [-0.25, -0.2) is 13.4 Å². The highest BCUT2D eigenvalue weighted by Gasteiger charge is 2.32. The first-order valence-electron chi connectivity index (χ1n) is 10.5. The molecule has 0 radical (unpaired) electrons. The summed E-state index contributed by atoms with van der Waals surface area (Å²) in [6.07, 6.45) is 7.44. The van der Waals surface area contributed by atoms with Gasteiger partial charge in [0.2, 0.25) is 11.8 Å². The van der Waals surface area contributed by atoms with Gasteiger partial charge in [-0.2, -0.15) is 4.31 Å². The van der Waals surface area contributed by atoms with Crippen LogP contribution in [-0.4, -0.2) is 42.8 Å². The molecule has 1 aliphatic carbocycles. The maximum absolute atomic E-state index is 12.7. The van der Waals surface area contributed by atoms with Gasteiger partial charge in [0.1, 0.15) is 10.3 Å². The number of amides is 1. The van der Waals surface area contributed by atoms with Gasteiger partial charge in [-0.05, 0) is 56.0 Å². The van der Waals surface area contributed by atoms with Crippen molar-refractivity contribution in [2.24, 2.45) is 5.92 Å². The molecule has 2 aromatic heterocycles. The lowest BCUT2D eigenvalue weighted by atomic mass is 9.97. The molecule has 0 bridgehead atoms. The van der Waals surface area contributed by atoms with E-state index in [1.54, 1.807) is 23.7 Å². The molecule has 2 aliphatic rings. The molecule has 162 valence electrons. The first kappa shape index (κ1) is 21.3. The minimum absolute atomic E-state index is 0.0427. The maximum Gasteiger partial charge on any atom is 0.252 e. The van der Waals surface area contributed by atoms with Gasteiger partial charge in [0.05, 0.1) is 0 Å². The van der Waals surface area contributed by atoms with Crippen LogP contribution in [0.25, 0.3) is 0 Å². The Labute approximate surface area is 181 Å². The van der Waals surface area contributed by atoms with E-state index in [2.05, 4.69) is 10.3 Å². The Morgan fingerprint density at radius 3 is 2.63 bits per heavy atom. The van der Waals surface area contributed by atoms with Crippen molar-refractivity contribution in [2.75, 3.05) is 13.1 Å². The Kier molecular flexibility index (Phi) is 6.70. The highest BCUT2D eigenvalue weighted by Crippen LogP contribution is 2.27. The summed E-state index contributed by atoms with van der Waals surface area (Å²) < 4.78 is 33.1. The van der Waals surface area contributed by atoms with E-state index in [9.17, 15) is 13.2 Å². The Morgan fingerprint density at radius 1 is 1.17 bits per heavy atom. The second kappa shape index (κ2) is 9.45. The van der Waals surface area contributed by atoms with Crippen molar-refractivity contribution in [3.05, 3.63) is 41.4 Å². The summed E-state index contributed by atoms with van der Waals surface area (Å²) >= 11 is 1.22. The van der Waals surface area contributed by atoms with Crippen molar-refractivity contribution in [2.45, 2.75) is 55.4 Å². The molecule has 7 nitrogen and oxygen atoms in total. The number of aromatic nitrogens is 1. The fourth-order valence-corrected chi connectivity index (χ4v) is 6.67. The van der Waals surface area contributed by atoms with E-state index >= 15 is 0 Å². The van der Waals surface area contributed by atoms with Gasteiger partial charge in [-0.1, -0.05) is 12.1 Å². The molecule has 2 aromatic rings. The van der Waals surface area contributed by atoms with E-state index in [0.717, 1.165) is 18.4 Å². The molecule has 0 atom stereocenters. The van der Waals surface area contributed by atoms with Crippen molar-refractivity contribution in [3.8, 4) is 5.88 Å². The molecule has 30 heavy (non-hydrogen) atoms. The number of nitrogens with one attached hydrogen (secondary N) is 1. The lowest BCUT2D eigenvalue weighted by Gasteiger charge is -2.30. The lowest BCUT2D eigenvalue weighted by molar-refractivity contribution is -0.126. The van der Waals surface area contributed by atoms with Crippen LogP contribution in [-0.2, 0) is 21.4 Å². The number of piperidine rings is 1. The molecule has 2 fully saturated rings. The summed E-state index contributed by atoms with van der Waals surface area (Å²) in [6.45, 7) is 1.09. The fourth-order valence-electron chi connectivity index (χ4n) is 4.05. The van der Waals surface area contributed by atoms with Crippen LogP contribution in [0.5, 0.6) is 5.88 Å². The van der Waals surface area contributed by atoms with Crippen LogP contribution in [0.1, 0.15) is 44.1 Å². The molecule has 1 saturated heterocycles. The van der Waals surface area contributed by atoms with E-state index in [1.807, 2.05) is 12.1 Å². The Morgan fingerprint density at radius 2 is 1.93 bits per heavy atom. The zero-order valence-electron chi connectivity index (χ0n) is 16.8. The van der Waals surface area contributed by atoms with Crippen LogP contribution in [0.2, 0.25) is 0 Å². The number of pyridine rings is 1. The van der Waals surface area contributed by atoms with Crippen molar-refractivity contribution < 1.29 is 17.9 Å². The highest BCUT2D eigenvalue weighted by atomic mass is 32.2. The second-order valence-corrected chi connectivity index (χ2v) is 10.9.